The molecule has 0 aromatic carbocycles. The molecule has 2 rings (SSSR count). The zero-order chi connectivity index (χ0) is 12.3. The third kappa shape index (κ3) is 3.73. The van der Waals surface area contributed by atoms with E-state index in [2.05, 4.69) is 15.3 Å². The first-order valence-electron chi connectivity index (χ1n) is 6.05. The van der Waals surface area contributed by atoms with Crippen molar-refractivity contribution in [3.8, 4) is 5.88 Å². The quantitative estimate of drug-likeness (QED) is 0.794. The molecule has 0 bridgehead atoms. The number of aryl methyl sites for hydroxylation is 1. The lowest BCUT2D eigenvalue weighted by atomic mass is 10.3. The fourth-order valence-corrected chi connectivity index (χ4v) is 2.01. The number of ether oxygens (including phenoxy) is 1. The van der Waals surface area contributed by atoms with Gasteiger partial charge in [0.2, 0.25) is 5.88 Å². The molecule has 1 saturated carbocycles. The maximum Gasteiger partial charge on any atom is 0.218 e. The Morgan fingerprint density at radius 3 is 2.94 bits per heavy atom. The first-order valence-corrected chi connectivity index (χ1v) is 6.49. The number of hydrogen-bond donors (Lipinski definition) is 1. The lowest BCUT2D eigenvalue weighted by Gasteiger charge is -2.11. The van der Waals surface area contributed by atoms with E-state index in [4.69, 9.17) is 16.3 Å². The van der Waals surface area contributed by atoms with Crippen LogP contribution in [0.4, 0.5) is 5.82 Å². The van der Waals surface area contributed by atoms with E-state index in [0.29, 0.717) is 24.2 Å². The molecule has 5 heteroatoms. The van der Waals surface area contributed by atoms with Crippen molar-refractivity contribution in [2.45, 2.75) is 32.1 Å². The Bertz CT molecular complexity index is 382. The van der Waals surface area contributed by atoms with Crippen LogP contribution in [0.15, 0.2) is 6.07 Å². The van der Waals surface area contributed by atoms with Crippen molar-refractivity contribution in [3.05, 3.63) is 11.9 Å². The van der Waals surface area contributed by atoms with E-state index < -0.39 is 0 Å². The molecule has 0 amide bonds. The Labute approximate surface area is 107 Å². The Morgan fingerprint density at radius 1 is 1.53 bits per heavy atom. The number of alkyl halides is 1. The second-order valence-corrected chi connectivity index (χ2v) is 4.87. The predicted octanol–water partition coefficient (Wildman–Crippen LogP) is 2.61. The molecule has 0 saturated heterocycles. The van der Waals surface area contributed by atoms with Crippen molar-refractivity contribution in [1.29, 1.82) is 0 Å². The zero-order valence-corrected chi connectivity index (χ0v) is 11.0. The van der Waals surface area contributed by atoms with Crippen LogP contribution in [0.5, 0.6) is 5.88 Å². The molecular weight excluding hydrogens is 238 g/mol. The van der Waals surface area contributed by atoms with Crippen molar-refractivity contribution in [2.24, 2.45) is 5.92 Å². The van der Waals surface area contributed by atoms with Gasteiger partial charge in [0, 0.05) is 12.6 Å². The highest BCUT2D eigenvalue weighted by molar-refractivity contribution is 6.21. The van der Waals surface area contributed by atoms with E-state index >= 15 is 0 Å². The normalized spacial score (nSPS) is 16.6. The summed E-state index contributed by atoms with van der Waals surface area (Å²) in [7, 11) is 0. The van der Waals surface area contributed by atoms with Gasteiger partial charge >= 0.3 is 0 Å². The van der Waals surface area contributed by atoms with E-state index in [1.54, 1.807) is 0 Å². The van der Waals surface area contributed by atoms with Crippen LogP contribution in [0.1, 0.15) is 25.6 Å². The molecule has 1 aromatic heterocycles. The molecule has 1 atom stereocenters. The molecule has 1 aromatic rings. The predicted molar refractivity (Wildman–Crippen MR) is 68.8 cm³/mol. The van der Waals surface area contributed by atoms with Crippen molar-refractivity contribution in [3.63, 3.8) is 0 Å². The molecule has 1 unspecified atom stereocenters. The van der Waals surface area contributed by atoms with Gasteiger partial charge in [-0.1, -0.05) is 0 Å². The van der Waals surface area contributed by atoms with Crippen LogP contribution < -0.4 is 10.1 Å². The number of rotatable bonds is 6. The minimum atomic E-state index is 0.195. The topological polar surface area (TPSA) is 47.0 Å². The molecule has 17 heavy (non-hydrogen) atoms. The Morgan fingerprint density at radius 2 is 2.29 bits per heavy atom. The van der Waals surface area contributed by atoms with Gasteiger partial charge in [-0.3, -0.25) is 0 Å². The summed E-state index contributed by atoms with van der Waals surface area (Å²) in [6, 6.07) is 1.81. The molecule has 0 spiro atoms. The maximum atomic E-state index is 6.23. The molecular formula is C12H18ClN3O. The second-order valence-electron chi connectivity index (χ2n) is 4.31. The highest BCUT2D eigenvalue weighted by Gasteiger charge is 2.29. The highest BCUT2D eigenvalue weighted by atomic mass is 35.5. The standard InChI is InChI=1S/C12H18ClN3O/c1-3-17-12-6-11(15-8(2)16-12)14-7-10(13)9-4-5-9/h6,9-10H,3-5,7H2,1-2H3,(H,14,15,16). The van der Waals surface area contributed by atoms with Crippen LogP contribution in [0.2, 0.25) is 0 Å². The third-order valence-corrected chi connectivity index (χ3v) is 3.23. The summed E-state index contributed by atoms with van der Waals surface area (Å²) in [6.07, 6.45) is 2.51. The van der Waals surface area contributed by atoms with Crippen molar-refractivity contribution in [2.75, 3.05) is 18.5 Å². The van der Waals surface area contributed by atoms with Crippen LogP contribution >= 0.6 is 11.6 Å². The summed E-state index contributed by atoms with van der Waals surface area (Å²) < 4.78 is 5.37. The molecule has 0 radical (unpaired) electrons. The Kier molecular flexibility index (Phi) is 4.05. The first-order chi connectivity index (χ1) is 8.19. The summed E-state index contributed by atoms with van der Waals surface area (Å²) in [5, 5.41) is 3.44. The van der Waals surface area contributed by atoms with Gasteiger partial charge in [-0.25, -0.2) is 4.98 Å². The van der Waals surface area contributed by atoms with Crippen LogP contribution in [0.25, 0.3) is 0 Å². The molecule has 1 fully saturated rings. The fourth-order valence-electron chi connectivity index (χ4n) is 1.68. The Hall–Kier alpha value is -1.03. The lowest BCUT2D eigenvalue weighted by molar-refractivity contribution is 0.325. The Balaban J connectivity index is 1.94. The average Bonchev–Trinajstić information content (AvgIpc) is 3.09. The average molecular weight is 256 g/mol. The van der Waals surface area contributed by atoms with Gasteiger partial charge in [-0.05, 0) is 32.6 Å². The third-order valence-electron chi connectivity index (χ3n) is 2.72. The minimum Gasteiger partial charge on any atom is -0.478 e. The number of nitrogens with one attached hydrogen (secondary N) is 1. The zero-order valence-electron chi connectivity index (χ0n) is 10.2. The largest absolute Gasteiger partial charge is 0.478 e. The molecule has 0 aliphatic heterocycles. The van der Waals surface area contributed by atoms with Crippen molar-refractivity contribution >= 4 is 17.4 Å². The van der Waals surface area contributed by atoms with E-state index in [1.165, 1.54) is 12.8 Å². The van der Waals surface area contributed by atoms with Crippen LogP contribution in [-0.2, 0) is 0 Å². The van der Waals surface area contributed by atoms with E-state index in [0.717, 1.165) is 12.4 Å². The highest BCUT2D eigenvalue weighted by Crippen LogP contribution is 2.35. The monoisotopic (exact) mass is 255 g/mol. The summed E-state index contributed by atoms with van der Waals surface area (Å²) in [6.45, 7) is 5.14. The van der Waals surface area contributed by atoms with Crippen molar-refractivity contribution < 1.29 is 4.74 Å². The molecule has 1 aliphatic rings. The number of nitrogens with zero attached hydrogens (tertiary/aromatic N) is 2. The van der Waals surface area contributed by atoms with Gasteiger partial charge in [0.15, 0.2) is 0 Å². The summed E-state index contributed by atoms with van der Waals surface area (Å²) in [5.74, 6) is 2.78. The number of halogens is 1. The van der Waals surface area contributed by atoms with E-state index in [-0.39, 0.29) is 5.38 Å². The summed E-state index contributed by atoms with van der Waals surface area (Å²) in [5.41, 5.74) is 0. The molecule has 1 aliphatic carbocycles. The van der Waals surface area contributed by atoms with Gasteiger partial charge < -0.3 is 10.1 Å². The van der Waals surface area contributed by atoms with Gasteiger partial charge in [0.1, 0.15) is 11.6 Å². The SMILES string of the molecule is CCOc1cc(NCC(Cl)C2CC2)nc(C)n1. The first kappa shape index (κ1) is 12.4. The lowest BCUT2D eigenvalue weighted by Crippen LogP contribution is -2.17. The minimum absolute atomic E-state index is 0.195. The molecule has 1 heterocycles. The summed E-state index contributed by atoms with van der Waals surface area (Å²) >= 11 is 6.23. The number of aromatic nitrogens is 2. The van der Waals surface area contributed by atoms with Gasteiger partial charge in [-0.15, -0.1) is 11.6 Å². The van der Waals surface area contributed by atoms with Crippen LogP contribution in [-0.4, -0.2) is 28.5 Å². The number of anilines is 1. The molecule has 4 nitrogen and oxygen atoms in total. The number of hydrogen-bond acceptors (Lipinski definition) is 4. The molecule has 94 valence electrons. The summed E-state index contributed by atoms with van der Waals surface area (Å²) in [4.78, 5) is 8.50. The smallest absolute Gasteiger partial charge is 0.218 e. The van der Waals surface area contributed by atoms with Gasteiger partial charge in [-0.2, -0.15) is 4.98 Å². The fraction of sp³-hybridized carbons (Fsp3) is 0.667. The van der Waals surface area contributed by atoms with Gasteiger partial charge in [0.25, 0.3) is 0 Å². The second kappa shape index (κ2) is 5.54. The van der Waals surface area contributed by atoms with E-state index in [1.807, 2.05) is 19.9 Å². The maximum absolute atomic E-state index is 6.23. The van der Waals surface area contributed by atoms with Crippen LogP contribution in [0, 0.1) is 12.8 Å². The molecule has 1 N–H and O–H groups in total. The van der Waals surface area contributed by atoms with Crippen molar-refractivity contribution in [1.82, 2.24) is 9.97 Å². The van der Waals surface area contributed by atoms with E-state index in [9.17, 15) is 0 Å². The van der Waals surface area contributed by atoms with Gasteiger partial charge in [0.05, 0.1) is 12.0 Å². The van der Waals surface area contributed by atoms with Crippen LogP contribution in [0.3, 0.4) is 0 Å².